The Balaban J connectivity index is 1.63. The van der Waals surface area contributed by atoms with E-state index in [0.717, 1.165) is 11.8 Å². The zero-order valence-electron chi connectivity index (χ0n) is 15.7. The number of aryl methyl sites for hydroxylation is 1. The van der Waals surface area contributed by atoms with E-state index in [1.807, 2.05) is 0 Å². The van der Waals surface area contributed by atoms with E-state index >= 15 is 0 Å². The van der Waals surface area contributed by atoms with Crippen molar-refractivity contribution in [2.45, 2.75) is 12.1 Å². The fraction of sp³-hybridized carbons (Fsp3) is 0.0952. The number of amides is 1. The molecule has 0 fully saturated rings. The summed E-state index contributed by atoms with van der Waals surface area (Å²) in [6, 6.07) is 13.2. The topological polar surface area (TPSA) is 64.0 Å². The number of halogens is 2. The summed E-state index contributed by atoms with van der Waals surface area (Å²) in [7, 11) is 0. The lowest BCUT2D eigenvalue weighted by atomic mass is 10.2. The number of fused-ring (bicyclic) bond motifs is 1. The molecule has 0 radical (unpaired) electrons. The van der Waals surface area contributed by atoms with Gasteiger partial charge in [0.25, 0.3) is 5.56 Å². The highest BCUT2D eigenvalue weighted by Crippen LogP contribution is 2.25. The highest BCUT2D eigenvalue weighted by molar-refractivity contribution is 7.99. The van der Waals surface area contributed by atoms with Gasteiger partial charge in [0.2, 0.25) is 5.91 Å². The number of nitrogens with one attached hydrogen (secondary N) is 1. The molecule has 0 aliphatic rings. The predicted octanol–water partition coefficient (Wildman–Crippen LogP) is 5.28. The van der Waals surface area contributed by atoms with Crippen molar-refractivity contribution in [3.8, 4) is 5.69 Å². The van der Waals surface area contributed by atoms with E-state index in [2.05, 4.69) is 10.3 Å². The van der Waals surface area contributed by atoms with Crippen molar-refractivity contribution in [2.24, 2.45) is 0 Å². The molecule has 1 N–H and O–H groups in total. The molecule has 0 saturated heterocycles. The number of anilines is 1. The average Bonchev–Trinajstić information content (AvgIpc) is 3.18. The molecule has 2 heterocycles. The normalized spacial score (nSPS) is 11.0. The number of carbonyl (C=O) groups is 1. The second-order valence-corrected chi connectivity index (χ2v) is 8.75. The molecule has 1 amide bonds. The summed E-state index contributed by atoms with van der Waals surface area (Å²) in [5.41, 5.74) is 1.80. The number of hydrogen-bond acceptors (Lipinski definition) is 5. The Bertz CT molecular complexity index is 1320. The lowest BCUT2D eigenvalue weighted by Gasteiger charge is -2.12. The summed E-state index contributed by atoms with van der Waals surface area (Å²) in [4.78, 5) is 30.0. The zero-order chi connectivity index (χ0) is 21.3. The third-order valence-corrected chi connectivity index (χ3v) is 6.37. The Labute approximate surface area is 184 Å². The number of carbonyl (C=O) groups excluding carboxylic acids is 1. The lowest BCUT2D eigenvalue weighted by molar-refractivity contribution is -0.113. The first-order valence-corrected chi connectivity index (χ1v) is 11.1. The predicted molar refractivity (Wildman–Crippen MR) is 121 cm³/mol. The minimum atomic E-state index is -0.389. The van der Waals surface area contributed by atoms with E-state index in [1.165, 1.54) is 22.0 Å². The Kier molecular flexibility index (Phi) is 5.90. The minimum Gasteiger partial charge on any atom is -0.325 e. The van der Waals surface area contributed by atoms with E-state index in [9.17, 15) is 14.0 Å². The quantitative estimate of drug-likeness (QED) is 0.326. The highest BCUT2D eigenvalue weighted by Gasteiger charge is 2.16. The molecule has 30 heavy (non-hydrogen) atoms. The summed E-state index contributed by atoms with van der Waals surface area (Å²) in [6.07, 6.45) is 0. The van der Waals surface area contributed by atoms with Gasteiger partial charge >= 0.3 is 0 Å². The molecule has 0 spiro atoms. The van der Waals surface area contributed by atoms with Crippen LogP contribution in [0, 0.1) is 12.7 Å². The van der Waals surface area contributed by atoms with Crippen molar-refractivity contribution in [3.05, 3.63) is 80.7 Å². The largest absolute Gasteiger partial charge is 0.325 e. The van der Waals surface area contributed by atoms with Gasteiger partial charge in [-0.1, -0.05) is 35.5 Å². The van der Waals surface area contributed by atoms with Crippen LogP contribution in [0.25, 0.3) is 15.9 Å². The summed E-state index contributed by atoms with van der Waals surface area (Å²) >= 11 is 8.54. The van der Waals surface area contributed by atoms with Crippen LogP contribution >= 0.6 is 34.7 Å². The number of aromatic nitrogens is 2. The van der Waals surface area contributed by atoms with Gasteiger partial charge in [0.1, 0.15) is 10.5 Å². The SMILES string of the molecule is Cc1ccc(NC(=O)CSc2nc3ccsc3c(=O)n2-c2cccc(Cl)c2)cc1F. The minimum absolute atomic E-state index is 0.00184. The first kappa shape index (κ1) is 20.6. The van der Waals surface area contributed by atoms with Crippen LogP contribution in [-0.4, -0.2) is 21.2 Å². The number of benzene rings is 2. The second-order valence-electron chi connectivity index (χ2n) is 6.45. The number of hydrogen-bond donors (Lipinski definition) is 1. The molecular weight excluding hydrogens is 445 g/mol. The van der Waals surface area contributed by atoms with Crippen LogP contribution in [-0.2, 0) is 4.79 Å². The van der Waals surface area contributed by atoms with Gasteiger partial charge in [-0.3, -0.25) is 14.2 Å². The maximum Gasteiger partial charge on any atom is 0.276 e. The van der Waals surface area contributed by atoms with Gasteiger partial charge in [0, 0.05) is 10.7 Å². The maximum absolute atomic E-state index is 13.7. The standard InChI is InChI=1S/C21H15ClFN3O2S2/c1-12-5-6-14(10-16(12)23)24-18(27)11-30-21-25-17-7-8-29-19(17)20(28)26(21)15-4-2-3-13(22)9-15/h2-10H,11H2,1H3,(H,24,27). The van der Waals surface area contributed by atoms with Crippen molar-refractivity contribution >= 4 is 56.5 Å². The van der Waals surface area contributed by atoms with Crippen molar-refractivity contribution < 1.29 is 9.18 Å². The average molecular weight is 460 g/mol. The molecule has 5 nitrogen and oxygen atoms in total. The lowest BCUT2D eigenvalue weighted by Crippen LogP contribution is -2.22. The van der Waals surface area contributed by atoms with Crippen molar-refractivity contribution in [2.75, 3.05) is 11.1 Å². The molecule has 0 unspecified atom stereocenters. The van der Waals surface area contributed by atoms with Gasteiger partial charge in [-0.2, -0.15) is 0 Å². The molecule has 0 atom stereocenters. The number of thiophene rings is 1. The first-order chi connectivity index (χ1) is 14.4. The Morgan fingerprint density at radius 1 is 1.27 bits per heavy atom. The van der Waals surface area contributed by atoms with Gasteiger partial charge < -0.3 is 5.32 Å². The van der Waals surface area contributed by atoms with E-state index in [1.54, 1.807) is 54.8 Å². The Hall–Kier alpha value is -2.68. The van der Waals surface area contributed by atoms with Crippen LogP contribution in [0.2, 0.25) is 5.02 Å². The van der Waals surface area contributed by atoms with Gasteiger partial charge in [0.15, 0.2) is 5.16 Å². The van der Waals surface area contributed by atoms with Crippen LogP contribution in [0.15, 0.2) is 63.9 Å². The van der Waals surface area contributed by atoms with Crippen LogP contribution in [0.4, 0.5) is 10.1 Å². The molecule has 152 valence electrons. The Morgan fingerprint density at radius 2 is 2.10 bits per heavy atom. The van der Waals surface area contributed by atoms with Crippen LogP contribution in [0.5, 0.6) is 0 Å². The van der Waals surface area contributed by atoms with Gasteiger partial charge in [-0.25, -0.2) is 9.37 Å². The van der Waals surface area contributed by atoms with Gasteiger partial charge in [-0.05, 0) is 54.3 Å². The monoisotopic (exact) mass is 459 g/mol. The van der Waals surface area contributed by atoms with E-state index < -0.39 is 0 Å². The zero-order valence-corrected chi connectivity index (χ0v) is 18.1. The van der Waals surface area contributed by atoms with Crippen LogP contribution in [0.3, 0.4) is 0 Å². The molecule has 0 bridgehead atoms. The molecule has 2 aromatic heterocycles. The second kappa shape index (κ2) is 8.59. The van der Waals surface area contributed by atoms with E-state index in [4.69, 9.17) is 11.6 Å². The summed E-state index contributed by atoms with van der Waals surface area (Å²) < 4.78 is 15.7. The molecule has 0 saturated carbocycles. The smallest absolute Gasteiger partial charge is 0.276 e. The Morgan fingerprint density at radius 3 is 2.87 bits per heavy atom. The fourth-order valence-corrected chi connectivity index (χ4v) is 4.59. The third kappa shape index (κ3) is 4.26. The summed E-state index contributed by atoms with van der Waals surface area (Å²) in [5.74, 6) is -0.724. The molecule has 4 rings (SSSR count). The van der Waals surface area contributed by atoms with Crippen LogP contribution < -0.4 is 10.9 Å². The van der Waals surface area contributed by atoms with E-state index in [0.29, 0.717) is 37.3 Å². The number of thioether (sulfide) groups is 1. The van der Waals surface area contributed by atoms with Gasteiger partial charge in [-0.15, -0.1) is 11.3 Å². The molecule has 0 aliphatic carbocycles. The molecule has 2 aromatic carbocycles. The molecule has 4 aromatic rings. The highest BCUT2D eigenvalue weighted by atomic mass is 35.5. The van der Waals surface area contributed by atoms with Crippen molar-refractivity contribution in [3.63, 3.8) is 0 Å². The van der Waals surface area contributed by atoms with Crippen LogP contribution in [0.1, 0.15) is 5.56 Å². The third-order valence-electron chi connectivity index (χ3n) is 4.30. The fourth-order valence-electron chi connectivity index (χ4n) is 2.83. The summed E-state index contributed by atoms with van der Waals surface area (Å²) in [6.45, 7) is 1.65. The first-order valence-electron chi connectivity index (χ1n) is 8.87. The molecule has 9 heteroatoms. The van der Waals surface area contributed by atoms with Crippen molar-refractivity contribution in [1.82, 2.24) is 9.55 Å². The van der Waals surface area contributed by atoms with Crippen molar-refractivity contribution in [1.29, 1.82) is 0 Å². The number of nitrogens with zero attached hydrogens (tertiary/aromatic N) is 2. The summed E-state index contributed by atoms with van der Waals surface area (Å²) in [5, 5.41) is 5.32. The maximum atomic E-state index is 13.7. The van der Waals surface area contributed by atoms with Gasteiger partial charge in [0.05, 0.1) is 17.0 Å². The molecule has 0 aliphatic heterocycles. The molecular formula is C21H15ClFN3O2S2. The van der Waals surface area contributed by atoms with E-state index in [-0.39, 0.29) is 23.0 Å². The number of rotatable bonds is 5.